The van der Waals surface area contributed by atoms with Gasteiger partial charge in [0.2, 0.25) is 0 Å². The van der Waals surface area contributed by atoms with E-state index >= 15 is 0 Å². The van der Waals surface area contributed by atoms with Crippen LogP contribution in [0.1, 0.15) is 30.9 Å². The van der Waals surface area contributed by atoms with Gasteiger partial charge in [-0.1, -0.05) is 78.3 Å². The molecule has 0 saturated carbocycles. The van der Waals surface area contributed by atoms with Gasteiger partial charge in [-0.2, -0.15) is 0 Å². The maximum atomic E-state index is 3.66. The van der Waals surface area contributed by atoms with Gasteiger partial charge in [0.1, 0.15) is 0 Å². The van der Waals surface area contributed by atoms with Crippen LogP contribution < -0.4 is 5.32 Å². The number of benzene rings is 2. The molecule has 2 aromatic rings. The molecule has 0 fully saturated rings. The highest BCUT2D eigenvalue weighted by Gasteiger charge is 2.14. The van der Waals surface area contributed by atoms with E-state index in [0.717, 1.165) is 13.0 Å². The Morgan fingerprint density at radius 2 is 1.60 bits per heavy atom. The first-order valence-electron chi connectivity index (χ1n) is 7.18. The summed E-state index contributed by atoms with van der Waals surface area (Å²) >= 11 is 3.66. The van der Waals surface area contributed by atoms with E-state index < -0.39 is 0 Å². The van der Waals surface area contributed by atoms with Crippen LogP contribution >= 0.6 is 15.9 Å². The Kier molecular flexibility index (Phi) is 5.81. The smallest absolute Gasteiger partial charge is 0.0207 e. The van der Waals surface area contributed by atoms with E-state index in [0.29, 0.717) is 12.0 Å². The molecule has 0 bridgehead atoms. The van der Waals surface area contributed by atoms with E-state index in [2.05, 4.69) is 89.7 Å². The van der Waals surface area contributed by atoms with Gasteiger partial charge < -0.3 is 5.32 Å². The molecule has 0 radical (unpaired) electrons. The Morgan fingerprint density at radius 3 is 2.25 bits per heavy atom. The molecule has 1 atom stereocenters. The van der Waals surface area contributed by atoms with Crippen LogP contribution in [0.15, 0.2) is 59.1 Å². The second-order valence-corrected chi connectivity index (χ2v) is 6.32. The minimum Gasteiger partial charge on any atom is -0.314 e. The van der Waals surface area contributed by atoms with Crippen LogP contribution in [0.3, 0.4) is 0 Å². The van der Waals surface area contributed by atoms with Crippen molar-refractivity contribution in [1.82, 2.24) is 5.32 Å². The Labute approximate surface area is 130 Å². The molecule has 1 unspecified atom stereocenters. The van der Waals surface area contributed by atoms with Crippen molar-refractivity contribution in [2.24, 2.45) is 0 Å². The average Bonchev–Trinajstić information content (AvgIpc) is 2.46. The molecule has 1 N–H and O–H groups in total. The summed E-state index contributed by atoms with van der Waals surface area (Å²) in [4.78, 5) is 0. The van der Waals surface area contributed by atoms with Crippen LogP contribution in [0, 0.1) is 0 Å². The standard InChI is InChI=1S/C18H22BrN/c1-14(2)20-13-17(15-8-4-3-5-9-15)12-16-10-6-7-11-18(16)19/h3-11,14,17,20H,12-13H2,1-2H3. The molecule has 106 valence electrons. The quantitative estimate of drug-likeness (QED) is 0.803. The van der Waals surface area contributed by atoms with Gasteiger partial charge in [-0.25, -0.2) is 0 Å². The average molecular weight is 332 g/mol. The fourth-order valence-corrected chi connectivity index (χ4v) is 2.79. The molecule has 0 aliphatic rings. The Balaban J connectivity index is 2.16. The van der Waals surface area contributed by atoms with E-state index in [9.17, 15) is 0 Å². The van der Waals surface area contributed by atoms with Gasteiger partial charge in [0, 0.05) is 23.0 Å². The molecule has 20 heavy (non-hydrogen) atoms. The maximum absolute atomic E-state index is 3.66. The van der Waals surface area contributed by atoms with Crippen LogP contribution in [-0.4, -0.2) is 12.6 Å². The molecule has 0 heterocycles. The van der Waals surface area contributed by atoms with E-state index in [1.54, 1.807) is 0 Å². The summed E-state index contributed by atoms with van der Waals surface area (Å²) in [6.45, 7) is 5.39. The summed E-state index contributed by atoms with van der Waals surface area (Å²) in [5.41, 5.74) is 2.77. The van der Waals surface area contributed by atoms with Crippen molar-refractivity contribution in [2.75, 3.05) is 6.54 Å². The summed E-state index contributed by atoms with van der Waals surface area (Å²) in [6.07, 6.45) is 1.05. The van der Waals surface area contributed by atoms with Crippen molar-refractivity contribution in [3.8, 4) is 0 Å². The summed E-state index contributed by atoms with van der Waals surface area (Å²) in [6, 6.07) is 19.8. The summed E-state index contributed by atoms with van der Waals surface area (Å²) < 4.78 is 1.20. The SMILES string of the molecule is CC(C)NCC(Cc1ccccc1Br)c1ccccc1. The van der Waals surface area contributed by atoms with Crippen LogP contribution in [-0.2, 0) is 6.42 Å². The van der Waals surface area contributed by atoms with Gasteiger partial charge in [0.15, 0.2) is 0 Å². The summed E-state index contributed by atoms with van der Waals surface area (Å²) in [5, 5.41) is 3.57. The molecular formula is C18H22BrN. The molecule has 0 aliphatic carbocycles. The third-order valence-electron chi connectivity index (χ3n) is 3.47. The lowest BCUT2D eigenvalue weighted by Gasteiger charge is -2.20. The highest BCUT2D eigenvalue weighted by Crippen LogP contribution is 2.25. The molecule has 0 amide bonds. The number of hydrogen-bond donors (Lipinski definition) is 1. The zero-order chi connectivity index (χ0) is 14.4. The third kappa shape index (κ3) is 4.46. The Bertz CT molecular complexity index is 522. The van der Waals surface area contributed by atoms with Gasteiger partial charge in [-0.15, -0.1) is 0 Å². The first kappa shape index (κ1) is 15.3. The minimum atomic E-state index is 0.497. The van der Waals surface area contributed by atoms with Gasteiger partial charge in [0.05, 0.1) is 0 Å². The first-order chi connectivity index (χ1) is 9.66. The number of hydrogen-bond acceptors (Lipinski definition) is 1. The second-order valence-electron chi connectivity index (χ2n) is 5.47. The van der Waals surface area contributed by atoms with Gasteiger partial charge >= 0.3 is 0 Å². The fourth-order valence-electron chi connectivity index (χ4n) is 2.34. The minimum absolute atomic E-state index is 0.497. The molecule has 0 aliphatic heterocycles. The Morgan fingerprint density at radius 1 is 0.950 bits per heavy atom. The fraction of sp³-hybridized carbons (Fsp3) is 0.333. The molecule has 2 rings (SSSR count). The van der Waals surface area contributed by atoms with Gasteiger partial charge in [0.25, 0.3) is 0 Å². The third-order valence-corrected chi connectivity index (χ3v) is 4.24. The van der Waals surface area contributed by atoms with Crippen LogP contribution in [0.25, 0.3) is 0 Å². The van der Waals surface area contributed by atoms with Crippen molar-refractivity contribution in [2.45, 2.75) is 32.2 Å². The number of nitrogens with one attached hydrogen (secondary N) is 1. The zero-order valence-corrected chi connectivity index (χ0v) is 13.7. The Hall–Kier alpha value is -1.12. The van der Waals surface area contributed by atoms with Gasteiger partial charge in [-0.3, -0.25) is 0 Å². The van der Waals surface area contributed by atoms with Crippen molar-refractivity contribution in [3.63, 3.8) is 0 Å². The molecular weight excluding hydrogens is 310 g/mol. The van der Waals surface area contributed by atoms with Crippen molar-refractivity contribution in [3.05, 3.63) is 70.2 Å². The highest BCUT2D eigenvalue weighted by atomic mass is 79.9. The normalized spacial score (nSPS) is 12.6. The van der Waals surface area contributed by atoms with Crippen LogP contribution in [0.5, 0.6) is 0 Å². The molecule has 0 saturated heterocycles. The topological polar surface area (TPSA) is 12.0 Å². The maximum Gasteiger partial charge on any atom is 0.0207 e. The molecule has 1 nitrogen and oxygen atoms in total. The lowest BCUT2D eigenvalue weighted by Crippen LogP contribution is -2.29. The molecule has 0 spiro atoms. The predicted octanol–water partition coefficient (Wildman–Crippen LogP) is 4.77. The van der Waals surface area contributed by atoms with Crippen molar-refractivity contribution < 1.29 is 0 Å². The van der Waals surface area contributed by atoms with E-state index in [1.165, 1.54) is 15.6 Å². The summed E-state index contributed by atoms with van der Waals surface area (Å²) in [7, 11) is 0. The van der Waals surface area contributed by atoms with E-state index in [-0.39, 0.29) is 0 Å². The molecule has 2 aromatic carbocycles. The predicted molar refractivity (Wildman–Crippen MR) is 90.2 cm³/mol. The number of halogens is 1. The van der Waals surface area contributed by atoms with E-state index in [4.69, 9.17) is 0 Å². The van der Waals surface area contributed by atoms with Gasteiger partial charge in [-0.05, 0) is 23.6 Å². The van der Waals surface area contributed by atoms with Crippen molar-refractivity contribution >= 4 is 15.9 Å². The monoisotopic (exact) mass is 331 g/mol. The first-order valence-corrected chi connectivity index (χ1v) is 7.98. The molecule has 0 aromatic heterocycles. The zero-order valence-electron chi connectivity index (χ0n) is 12.1. The lowest BCUT2D eigenvalue weighted by molar-refractivity contribution is 0.526. The van der Waals surface area contributed by atoms with Crippen molar-refractivity contribution in [1.29, 1.82) is 0 Å². The highest BCUT2D eigenvalue weighted by molar-refractivity contribution is 9.10. The lowest BCUT2D eigenvalue weighted by atomic mass is 9.91. The summed E-state index contributed by atoms with van der Waals surface area (Å²) in [5.74, 6) is 0.497. The van der Waals surface area contributed by atoms with Crippen LogP contribution in [0.2, 0.25) is 0 Å². The number of rotatable bonds is 6. The van der Waals surface area contributed by atoms with Crippen LogP contribution in [0.4, 0.5) is 0 Å². The largest absolute Gasteiger partial charge is 0.314 e. The molecule has 2 heteroatoms. The second kappa shape index (κ2) is 7.61. The van der Waals surface area contributed by atoms with E-state index in [1.807, 2.05) is 0 Å².